The van der Waals surface area contributed by atoms with Crippen LogP contribution in [-0.2, 0) is 14.3 Å². The Labute approximate surface area is 95.4 Å². The molecular formula is C11H19NO4. The monoisotopic (exact) mass is 229 g/mol. The van der Waals surface area contributed by atoms with Crippen LogP contribution in [0.15, 0.2) is 0 Å². The summed E-state index contributed by atoms with van der Waals surface area (Å²) >= 11 is 0. The van der Waals surface area contributed by atoms with Crippen molar-refractivity contribution in [3.8, 4) is 0 Å². The molecule has 1 aliphatic carbocycles. The number of carboxylic acids is 1. The highest BCUT2D eigenvalue weighted by atomic mass is 16.5. The van der Waals surface area contributed by atoms with E-state index in [9.17, 15) is 9.59 Å². The predicted octanol–water partition coefficient (Wildman–Crippen LogP) is 0.736. The van der Waals surface area contributed by atoms with Gasteiger partial charge in [0.1, 0.15) is 13.2 Å². The molecule has 0 spiro atoms. The number of carbonyl (C=O) groups excluding carboxylic acids is 1. The molecule has 0 unspecified atom stereocenters. The van der Waals surface area contributed by atoms with Crippen LogP contribution in [0.25, 0.3) is 0 Å². The van der Waals surface area contributed by atoms with Crippen molar-refractivity contribution in [2.45, 2.75) is 26.2 Å². The molecule has 1 amide bonds. The minimum atomic E-state index is -1.04. The van der Waals surface area contributed by atoms with Crippen molar-refractivity contribution in [3.63, 3.8) is 0 Å². The first-order chi connectivity index (χ1) is 7.63. The van der Waals surface area contributed by atoms with Gasteiger partial charge in [-0.1, -0.05) is 6.92 Å². The molecule has 0 aromatic heterocycles. The molecule has 1 saturated carbocycles. The average Bonchev–Trinajstić information content (AvgIpc) is 3.00. The highest BCUT2D eigenvalue weighted by Gasteiger charge is 2.26. The number of carbonyl (C=O) groups is 2. The second kappa shape index (κ2) is 6.48. The van der Waals surface area contributed by atoms with Crippen LogP contribution in [0, 0.1) is 5.92 Å². The van der Waals surface area contributed by atoms with Crippen LogP contribution < -0.4 is 0 Å². The molecule has 0 aromatic carbocycles. The van der Waals surface area contributed by atoms with Gasteiger partial charge in [-0.2, -0.15) is 0 Å². The number of nitrogens with zero attached hydrogens (tertiary/aromatic N) is 1. The van der Waals surface area contributed by atoms with Gasteiger partial charge in [-0.05, 0) is 25.2 Å². The third-order valence-electron chi connectivity index (χ3n) is 2.47. The van der Waals surface area contributed by atoms with Crippen LogP contribution in [0.3, 0.4) is 0 Å². The fraction of sp³-hybridized carbons (Fsp3) is 0.818. The number of rotatable bonds is 8. The molecule has 0 bridgehead atoms. The van der Waals surface area contributed by atoms with Gasteiger partial charge in [0.15, 0.2) is 0 Å². The molecule has 5 heteroatoms. The second-order valence-electron chi connectivity index (χ2n) is 4.17. The van der Waals surface area contributed by atoms with Crippen molar-refractivity contribution in [1.29, 1.82) is 0 Å². The lowest BCUT2D eigenvalue weighted by Crippen LogP contribution is -2.36. The topological polar surface area (TPSA) is 66.8 Å². The molecule has 92 valence electrons. The van der Waals surface area contributed by atoms with E-state index in [1.54, 1.807) is 4.90 Å². The van der Waals surface area contributed by atoms with Gasteiger partial charge in [0.25, 0.3) is 0 Å². The summed E-state index contributed by atoms with van der Waals surface area (Å²) in [5, 5.41) is 8.37. The number of carboxylic acid groups (broad SMARTS) is 1. The highest BCUT2D eigenvalue weighted by molar-refractivity contribution is 5.78. The van der Waals surface area contributed by atoms with E-state index in [1.807, 2.05) is 6.92 Å². The van der Waals surface area contributed by atoms with E-state index in [0.717, 1.165) is 19.5 Å². The third kappa shape index (κ3) is 5.11. The van der Waals surface area contributed by atoms with Crippen LogP contribution in [0.4, 0.5) is 0 Å². The van der Waals surface area contributed by atoms with E-state index in [2.05, 4.69) is 0 Å². The first kappa shape index (κ1) is 13.0. The maximum absolute atomic E-state index is 11.7. The summed E-state index contributed by atoms with van der Waals surface area (Å²) in [5.41, 5.74) is 0. The van der Waals surface area contributed by atoms with Gasteiger partial charge in [0, 0.05) is 13.1 Å². The maximum atomic E-state index is 11.7. The summed E-state index contributed by atoms with van der Waals surface area (Å²) in [6.45, 7) is 3.01. The van der Waals surface area contributed by atoms with Crippen LogP contribution in [0.5, 0.6) is 0 Å². The molecule has 1 rings (SSSR count). The molecule has 1 N–H and O–H groups in total. The summed E-state index contributed by atoms with van der Waals surface area (Å²) < 4.78 is 4.80. The van der Waals surface area contributed by atoms with Crippen molar-refractivity contribution in [2.24, 2.45) is 5.92 Å². The molecule has 0 saturated heterocycles. The zero-order valence-electron chi connectivity index (χ0n) is 9.65. The molecule has 1 aliphatic rings. The van der Waals surface area contributed by atoms with Crippen LogP contribution >= 0.6 is 0 Å². The smallest absolute Gasteiger partial charge is 0.329 e. The number of hydrogen-bond acceptors (Lipinski definition) is 3. The fourth-order valence-electron chi connectivity index (χ4n) is 1.52. The van der Waals surface area contributed by atoms with Crippen LogP contribution in [-0.4, -0.2) is 48.2 Å². The average molecular weight is 229 g/mol. The quantitative estimate of drug-likeness (QED) is 0.666. The standard InChI is InChI=1S/C11H19NO4/c1-2-5-12(6-9-3-4-9)10(13)7-16-8-11(14)15/h9H,2-8H2,1H3,(H,14,15). The van der Waals surface area contributed by atoms with Gasteiger partial charge in [-0.15, -0.1) is 0 Å². The van der Waals surface area contributed by atoms with Crippen LogP contribution in [0.2, 0.25) is 0 Å². The fourth-order valence-corrected chi connectivity index (χ4v) is 1.52. The van der Waals surface area contributed by atoms with Crippen molar-refractivity contribution >= 4 is 11.9 Å². The third-order valence-corrected chi connectivity index (χ3v) is 2.47. The van der Waals surface area contributed by atoms with Crippen molar-refractivity contribution in [3.05, 3.63) is 0 Å². The lowest BCUT2D eigenvalue weighted by molar-refractivity contribution is -0.145. The molecular weight excluding hydrogens is 210 g/mol. The van der Waals surface area contributed by atoms with Gasteiger partial charge in [0.2, 0.25) is 5.91 Å². The summed E-state index contributed by atoms with van der Waals surface area (Å²) in [4.78, 5) is 23.7. The van der Waals surface area contributed by atoms with Crippen molar-refractivity contribution in [1.82, 2.24) is 4.90 Å². The Bertz CT molecular complexity index is 250. The van der Waals surface area contributed by atoms with E-state index < -0.39 is 12.6 Å². The second-order valence-corrected chi connectivity index (χ2v) is 4.17. The maximum Gasteiger partial charge on any atom is 0.329 e. The highest BCUT2D eigenvalue weighted by Crippen LogP contribution is 2.29. The van der Waals surface area contributed by atoms with Crippen LogP contribution in [0.1, 0.15) is 26.2 Å². The summed E-state index contributed by atoms with van der Waals surface area (Å²) in [6.07, 6.45) is 3.31. The molecule has 1 fully saturated rings. The molecule has 0 atom stereocenters. The largest absolute Gasteiger partial charge is 0.480 e. The Hall–Kier alpha value is -1.10. The SMILES string of the molecule is CCCN(CC1CC1)C(=O)COCC(=O)O. The number of hydrogen-bond donors (Lipinski definition) is 1. The van der Waals surface area contributed by atoms with Gasteiger partial charge < -0.3 is 14.7 Å². The summed E-state index contributed by atoms with van der Waals surface area (Å²) in [7, 11) is 0. The van der Waals surface area contributed by atoms with Crippen molar-refractivity contribution in [2.75, 3.05) is 26.3 Å². The van der Waals surface area contributed by atoms with Crippen molar-refractivity contribution < 1.29 is 19.4 Å². The van der Waals surface area contributed by atoms with E-state index in [-0.39, 0.29) is 12.5 Å². The van der Waals surface area contributed by atoms with E-state index in [1.165, 1.54) is 12.8 Å². The number of amides is 1. The zero-order valence-corrected chi connectivity index (χ0v) is 9.65. The zero-order chi connectivity index (χ0) is 12.0. The molecule has 0 heterocycles. The lowest BCUT2D eigenvalue weighted by atomic mass is 10.3. The Morgan fingerprint density at radius 2 is 2.06 bits per heavy atom. The molecule has 16 heavy (non-hydrogen) atoms. The molecule has 0 aliphatic heterocycles. The normalized spacial score (nSPS) is 14.8. The Kier molecular flexibility index (Phi) is 5.25. The summed E-state index contributed by atoms with van der Waals surface area (Å²) in [6, 6.07) is 0. The first-order valence-corrected chi connectivity index (χ1v) is 5.70. The molecule has 5 nitrogen and oxygen atoms in total. The Morgan fingerprint density at radius 1 is 1.38 bits per heavy atom. The summed E-state index contributed by atoms with van der Waals surface area (Å²) in [5.74, 6) is -0.498. The molecule has 0 radical (unpaired) electrons. The minimum absolute atomic E-state index is 0.102. The predicted molar refractivity (Wildman–Crippen MR) is 58.0 cm³/mol. The van der Waals surface area contributed by atoms with Gasteiger partial charge in [-0.25, -0.2) is 4.79 Å². The van der Waals surface area contributed by atoms with Gasteiger partial charge in [-0.3, -0.25) is 4.79 Å². The van der Waals surface area contributed by atoms with Gasteiger partial charge in [0.05, 0.1) is 0 Å². The van der Waals surface area contributed by atoms with E-state index in [0.29, 0.717) is 5.92 Å². The van der Waals surface area contributed by atoms with E-state index in [4.69, 9.17) is 9.84 Å². The van der Waals surface area contributed by atoms with Gasteiger partial charge >= 0.3 is 5.97 Å². The number of aliphatic carboxylic acids is 1. The lowest BCUT2D eigenvalue weighted by Gasteiger charge is -2.21. The first-order valence-electron chi connectivity index (χ1n) is 5.70. The Balaban J connectivity index is 2.25. The molecule has 0 aromatic rings. The van der Waals surface area contributed by atoms with E-state index >= 15 is 0 Å². The Morgan fingerprint density at radius 3 is 2.56 bits per heavy atom. The minimum Gasteiger partial charge on any atom is -0.480 e. The number of ether oxygens (including phenoxy) is 1.